The smallest absolute Gasteiger partial charge is 0.462 e. The van der Waals surface area contributed by atoms with Crippen molar-refractivity contribution in [3.05, 3.63) is 60.8 Å². The molecule has 1 aliphatic rings. The lowest BCUT2D eigenvalue weighted by molar-refractivity contribution is -0.220. The highest BCUT2D eigenvalue weighted by molar-refractivity contribution is 7.47. The molecule has 0 bridgehead atoms. The maximum Gasteiger partial charge on any atom is 0.472 e. The van der Waals surface area contributed by atoms with E-state index < -0.39 is 81.8 Å². The molecule has 1 aliphatic carbocycles. The van der Waals surface area contributed by atoms with E-state index in [0.717, 1.165) is 89.9 Å². The van der Waals surface area contributed by atoms with Crippen LogP contribution in [0, 0.1) is 0 Å². The number of carbonyl (C=O) groups excluding carboxylic acids is 2. The molecule has 0 aromatic carbocycles. The van der Waals surface area contributed by atoms with Crippen molar-refractivity contribution < 1.29 is 68.2 Å². The molecule has 9 atom stereocenters. The monoisotopic (exact) mass is 844 g/mol. The Hall–Kier alpha value is -2.49. The number of allylic oxidation sites excluding steroid dienone is 9. The highest BCUT2D eigenvalue weighted by atomic mass is 31.2. The first-order valence-electron chi connectivity index (χ1n) is 21.2. The molecule has 14 nitrogen and oxygen atoms in total. The number of esters is 2. The van der Waals surface area contributed by atoms with Gasteiger partial charge in [0.15, 0.2) is 6.10 Å². The highest BCUT2D eigenvalue weighted by Crippen LogP contribution is 2.47. The van der Waals surface area contributed by atoms with E-state index in [2.05, 4.69) is 50.3 Å². The second-order valence-electron chi connectivity index (χ2n) is 14.7. The van der Waals surface area contributed by atoms with E-state index in [-0.39, 0.29) is 12.8 Å². The van der Waals surface area contributed by atoms with E-state index >= 15 is 0 Å². The molecule has 0 aromatic heterocycles. The number of aliphatic hydroxyl groups is 6. The fourth-order valence-electron chi connectivity index (χ4n) is 5.98. The van der Waals surface area contributed by atoms with Gasteiger partial charge >= 0.3 is 19.8 Å². The summed E-state index contributed by atoms with van der Waals surface area (Å²) in [6, 6.07) is 0. The molecule has 0 amide bonds. The van der Waals surface area contributed by atoms with Crippen molar-refractivity contribution in [3.8, 4) is 0 Å². The molecular weight excluding hydrogens is 771 g/mol. The number of hydrogen-bond acceptors (Lipinski definition) is 13. The van der Waals surface area contributed by atoms with Crippen LogP contribution in [-0.4, -0.2) is 110 Å². The summed E-state index contributed by atoms with van der Waals surface area (Å²) in [4.78, 5) is 35.6. The Kier molecular flexibility index (Phi) is 30.7. The lowest BCUT2D eigenvalue weighted by atomic mass is 9.85. The predicted octanol–water partition coefficient (Wildman–Crippen LogP) is 6.36. The molecule has 1 saturated carbocycles. The third-order valence-electron chi connectivity index (χ3n) is 9.43. The van der Waals surface area contributed by atoms with Gasteiger partial charge in [-0.05, 0) is 57.8 Å². The van der Waals surface area contributed by atoms with Gasteiger partial charge in [-0.3, -0.25) is 18.6 Å². The Morgan fingerprint density at radius 2 is 1.19 bits per heavy atom. The van der Waals surface area contributed by atoms with Crippen molar-refractivity contribution in [1.82, 2.24) is 0 Å². The normalized spacial score (nSPS) is 23.7. The molecule has 0 aromatic rings. The Labute approximate surface area is 345 Å². The first kappa shape index (κ1) is 53.5. The molecule has 58 heavy (non-hydrogen) atoms. The molecular formula is C43H73O14P. The maximum atomic E-state index is 12.8. The van der Waals surface area contributed by atoms with E-state index in [1.807, 2.05) is 18.2 Å². The molecule has 15 heteroatoms. The minimum absolute atomic E-state index is 0.0211. The van der Waals surface area contributed by atoms with Crippen molar-refractivity contribution in [3.63, 3.8) is 0 Å². The average molecular weight is 845 g/mol. The number of aliphatic hydroxyl groups excluding tert-OH is 6. The van der Waals surface area contributed by atoms with E-state index in [0.29, 0.717) is 19.3 Å². The van der Waals surface area contributed by atoms with Gasteiger partial charge in [0.25, 0.3) is 0 Å². The van der Waals surface area contributed by atoms with Crippen molar-refractivity contribution in [2.45, 2.75) is 185 Å². The SMILES string of the molecule is CC/C=C/C/C=C/C=C/C(O)CCCCCCCC(=O)O[C@H](COC(=O)CCCCCCC/C=C\C/C=C\CCC)COP(=O)(O)OC1[C@H](O)[C@H](O)C(O)[C@H](O)[C@H]1O. The summed E-state index contributed by atoms with van der Waals surface area (Å²) < 4.78 is 33.4. The number of phosphoric acid groups is 1. The van der Waals surface area contributed by atoms with Crippen molar-refractivity contribution in [2.24, 2.45) is 0 Å². The molecule has 0 radical (unpaired) electrons. The van der Waals surface area contributed by atoms with Gasteiger partial charge in [-0.1, -0.05) is 126 Å². The maximum absolute atomic E-state index is 12.8. The van der Waals surface area contributed by atoms with Crippen LogP contribution in [0.2, 0.25) is 0 Å². The van der Waals surface area contributed by atoms with Gasteiger partial charge in [0, 0.05) is 12.8 Å². The van der Waals surface area contributed by atoms with Gasteiger partial charge in [0.05, 0.1) is 12.7 Å². The first-order chi connectivity index (χ1) is 27.8. The van der Waals surface area contributed by atoms with Crippen molar-refractivity contribution in [2.75, 3.05) is 13.2 Å². The Balaban J connectivity index is 2.56. The van der Waals surface area contributed by atoms with Crippen LogP contribution in [0.3, 0.4) is 0 Å². The lowest BCUT2D eigenvalue weighted by Gasteiger charge is -2.41. The standard InChI is InChI=1S/C43H73O14P/c1-3-5-7-9-11-12-13-14-15-16-18-22-26-30-36(45)54-32-35(33-55-58(52,53)57-43-41(50)39(48)38(47)40(49)42(43)51)56-37(46)31-27-23-19-21-25-29-34(44)28-24-20-17-10-8-6-4-2/h6-9,12-13,17,20,24,28,34-35,38-44,47-51H,3-5,10-11,14-16,18-19,21-23,25-27,29-33H2,1-2H3,(H,52,53)/b8-6+,9-7-,13-12-,20-17+,28-24+/t34?,35-,38?,39-,40+,41-,42-,43?/m1/s1. The van der Waals surface area contributed by atoms with Crippen LogP contribution < -0.4 is 0 Å². The number of ether oxygens (including phenoxy) is 2. The quantitative estimate of drug-likeness (QED) is 0.0126. The highest BCUT2D eigenvalue weighted by Gasteiger charge is 2.51. The van der Waals surface area contributed by atoms with E-state index in [9.17, 15) is 49.7 Å². The van der Waals surface area contributed by atoms with Gasteiger partial charge in [0.1, 0.15) is 43.2 Å². The summed E-state index contributed by atoms with van der Waals surface area (Å²) in [7, 11) is -5.15. The van der Waals surface area contributed by atoms with Gasteiger partial charge < -0.3 is 45.0 Å². The molecule has 0 saturated heterocycles. The van der Waals surface area contributed by atoms with Crippen LogP contribution in [-0.2, 0) is 32.7 Å². The molecule has 4 unspecified atom stereocenters. The third kappa shape index (κ3) is 25.9. The van der Waals surface area contributed by atoms with Crippen LogP contribution in [0.1, 0.15) is 136 Å². The van der Waals surface area contributed by atoms with Crippen molar-refractivity contribution in [1.29, 1.82) is 0 Å². The Bertz CT molecular complexity index is 1270. The summed E-state index contributed by atoms with van der Waals surface area (Å²) in [6.07, 6.45) is 21.6. The minimum Gasteiger partial charge on any atom is -0.462 e. The minimum atomic E-state index is -5.15. The Morgan fingerprint density at radius 1 is 0.638 bits per heavy atom. The average Bonchev–Trinajstić information content (AvgIpc) is 3.20. The summed E-state index contributed by atoms with van der Waals surface area (Å²) >= 11 is 0. The number of hydrogen-bond donors (Lipinski definition) is 7. The third-order valence-corrected chi connectivity index (χ3v) is 10.4. The molecule has 7 N–H and O–H groups in total. The van der Waals surface area contributed by atoms with Crippen LogP contribution in [0.5, 0.6) is 0 Å². The molecule has 0 heterocycles. The molecule has 0 spiro atoms. The van der Waals surface area contributed by atoms with E-state index in [1.54, 1.807) is 6.08 Å². The second kappa shape index (κ2) is 33.3. The largest absolute Gasteiger partial charge is 0.472 e. The van der Waals surface area contributed by atoms with Crippen LogP contribution in [0.25, 0.3) is 0 Å². The fourth-order valence-corrected chi connectivity index (χ4v) is 6.95. The Morgan fingerprint density at radius 3 is 1.84 bits per heavy atom. The summed E-state index contributed by atoms with van der Waals surface area (Å²) in [5.74, 6) is -1.20. The molecule has 1 rings (SSSR count). The molecule has 0 aliphatic heterocycles. The molecule has 334 valence electrons. The lowest BCUT2D eigenvalue weighted by Crippen LogP contribution is -2.64. The molecule has 1 fully saturated rings. The second-order valence-corrected chi connectivity index (χ2v) is 16.1. The van der Waals surface area contributed by atoms with Gasteiger partial charge in [-0.15, -0.1) is 0 Å². The number of phosphoric ester groups is 1. The number of carbonyl (C=O) groups is 2. The van der Waals surface area contributed by atoms with Gasteiger partial charge in [-0.2, -0.15) is 0 Å². The predicted molar refractivity (Wildman–Crippen MR) is 222 cm³/mol. The fraction of sp³-hybridized carbons (Fsp3) is 0.721. The number of unbranched alkanes of at least 4 members (excludes halogenated alkanes) is 10. The van der Waals surface area contributed by atoms with E-state index in [1.165, 1.54) is 0 Å². The number of rotatable bonds is 33. The first-order valence-corrected chi connectivity index (χ1v) is 22.7. The van der Waals surface area contributed by atoms with E-state index in [4.69, 9.17) is 18.5 Å². The van der Waals surface area contributed by atoms with Crippen molar-refractivity contribution >= 4 is 19.8 Å². The van der Waals surface area contributed by atoms with Gasteiger partial charge in [-0.25, -0.2) is 4.57 Å². The summed E-state index contributed by atoms with van der Waals surface area (Å²) in [6.45, 7) is 2.98. The zero-order chi connectivity index (χ0) is 43.0. The topological polar surface area (TPSA) is 230 Å². The van der Waals surface area contributed by atoms with Crippen LogP contribution in [0.15, 0.2) is 60.8 Å². The zero-order valence-corrected chi connectivity index (χ0v) is 35.6. The summed E-state index contributed by atoms with van der Waals surface area (Å²) in [5, 5.41) is 60.2. The summed E-state index contributed by atoms with van der Waals surface area (Å²) in [5.41, 5.74) is 0. The van der Waals surface area contributed by atoms with Gasteiger partial charge in [0.2, 0.25) is 0 Å². The zero-order valence-electron chi connectivity index (χ0n) is 34.7. The van der Waals surface area contributed by atoms with Crippen LogP contribution in [0.4, 0.5) is 0 Å². The van der Waals surface area contributed by atoms with Crippen LogP contribution >= 0.6 is 7.82 Å².